The number of carbonyl (C=O) groups is 1. The molecule has 0 aliphatic rings. The van der Waals surface area contributed by atoms with E-state index in [9.17, 15) is 19.4 Å². The van der Waals surface area contributed by atoms with Crippen LogP contribution in [0.3, 0.4) is 0 Å². The first-order valence-corrected chi connectivity index (χ1v) is 8.70. The monoisotopic (exact) mass is 391 g/mol. The summed E-state index contributed by atoms with van der Waals surface area (Å²) in [5, 5.41) is 19.7. The third-order valence-corrected chi connectivity index (χ3v) is 3.61. The minimum absolute atomic E-state index is 0.0285. The predicted octanol–water partition coefficient (Wildman–Crippen LogP) is 2.27. The van der Waals surface area contributed by atoms with Crippen molar-refractivity contribution in [3.8, 4) is 17.6 Å². The topological polar surface area (TPSA) is 102 Å². The molecule has 0 amide bonds. The maximum Gasteiger partial charge on any atom is 0.324 e. The third kappa shape index (κ3) is 10.5. The van der Waals surface area contributed by atoms with Gasteiger partial charge in [0.2, 0.25) is 0 Å². The van der Waals surface area contributed by atoms with Crippen molar-refractivity contribution < 1.29 is 29.0 Å². The molecular weight excluding hydrogens is 365 g/mol. The van der Waals surface area contributed by atoms with E-state index < -0.39 is 23.6 Å². The Morgan fingerprint density at radius 1 is 1.29 bits per heavy atom. The number of halogens is 1. The van der Waals surface area contributed by atoms with Crippen LogP contribution in [0.1, 0.15) is 26.7 Å². The number of hydrogen-bond donors (Lipinski definition) is 3. The van der Waals surface area contributed by atoms with Crippen molar-refractivity contribution >= 4 is 5.97 Å². The summed E-state index contributed by atoms with van der Waals surface area (Å²) in [6, 6.07) is 5.51. The van der Waals surface area contributed by atoms with Gasteiger partial charge in [0.1, 0.15) is 30.4 Å². The lowest BCUT2D eigenvalue weighted by atomic mass is 9.83. The van der Waals surface area contributed by atoms with Crippen LogP contribution in [0.5, 0.6) is 5.75 Å². The SMILES string of the molecule is CC(C)(CC(=O)ON)C[C@H](O)C#C/C=C/C=C/[C@H](O)COc1ccc(F)cc1. The van der Waals surface area contributed by atoms with Crippen molar-refractivity contribution in [1.82, 2.24) is 0 Å². The molecule has 0 aliphatic heterocycles. The van der Waals surface area contributed by atoms with E-state index in [4.69, 9.17) is 10.6 Å². The zero-order chi connectivity index (χ0) is 21.0. The first kappa shape index (κ1) is 23.4. The normalized spacial score (nSPS) is 13.8. The fourth-order valence-corrected chi connectivity index (χ4v) is 2.29. The molecule has 6 nitrogen and oxygen atoms in total. The Hall–Kier alpha value is -2.66. The van der Waals surface area contributed by atoms with E-state index in [-0.39, 0.29) is 25.3 Å². The highest BCUT2D eigenvalue weighted by molar-refractivity contribution is 5.69. The van der Waals surface area contributed by atoms with E-state index in [0.29, 0.717) is 5.75 Å². The summed E-state index contributed by atoms with van der Waals surface area (Å²) in [5.41, 5.74) is -0.497. The van der Waals surface area contributed by atoms with Crippen LogP contribution in [-0.2, 0) is 9.63 Å². The van der Waals surface area contributed by atoms with Gasteiger partial charge in [-0.05, 0) is 42.2 Å². The Morgan fingerprint density at radius 3 is 2.61 bits per heavy atom. The Bertz CT molecular complexity index is 731. The number of benzene rings is 1. The highest BCUT2D eigenvalue weighted by Gasteiger charge is 2.25. The largest absolute Gasteiger partial charge is 0.491 e. The molecule has 0 radical (unpaired) electrons. The van der Waals surface area contributed by atoms with E-state index in [0.717, 1.165) is 0 Å². The Morgan fingerprint density at radius 2 is 1.96 bits per heavy atom. The summed E-state index contributed by atoms with van der Waals surface area (Å²) in [6.45, 7) is 3.65. The van der Waals surface area contributed by atoms with Gasteiger partial charge in [-0.25, -0.2) is 4.39 Å². The molecule has 1 aromatic carbocycles. The summed E-state index contributed by atoms with van der Waals surface area (Å²) < 4.78 is 18.1. The third-order valence-electron chi connectivity index (χ3n) is 3.61. The van der Waals surface area contributed by atoms with Crippen LogP contribution in [0, 0.1) is 23.1 Å². The lowest BCUT2D eigenvalue weighted by Crippen LogP contribution is -2.25. The molecule has 0 unspecified atom stereocenters. The molecule has 1 aromatic rings. The van der Waals surface area contributed by atoms with Crippen molar-refractivity contribution in [2.75, 3.05) is 6.61 Å². The molecule has 2 atom stereocenters. The van der Waals surface area contributed by atoms with Crippen LogP contribution in [0.25, 0.3) is 0 Å². The number of aliphatic hydroxyl groups is 2. The number of rotatable bonds is 9. The van der Waals surface area contributed by atoms with E-state index in [1.165, 1.54) is 36.4 Å². The predicted molar refractivity (Wildman–Crippen MR) is 103 cm³/mol. The first-order valence-electron chi connectivity index (χ1n) is 8.70. The lowest BCUT2D eigenvalue weighted by Gasteiger charge is -2.23. The van der Waals surface area contributed by atoms with Crippen molar-refractivity contribution in [3.05, 3.63) is 54.4 Å². The van der Waals surface area contributed by atoms with Crippen LogP contribution in [0.2, 0.25) is 0 Å². The molecule has 0 bridgehead atoms. The number of ether oxygens (including phenoxy) is 1. The minimum Gasteiger partial charge on any atom is -0.491 e. The molecule has 0 aromatic heterocycles. The molecule has 0 saturated heterocycles. The van der Waals surface area contributed by atoms with Crippen molar-refractivity contribution in [3.63, 3.8) is 0 Å². The lowest BCUT2D eigenvalue weighted by molar-refractivity contribution is -0.146. The second-order valence-electron chi connectivity index (χ2n) is 6.92. The van der Waals surface area contributed by atoms with Crippen molar-refractivity contribution in [1.29, 1.82) is 0 Å². The van der Waals surface area contributed by atoms with E-state index >= 15 is 0 Å². The summed E-state index contributed by atoms with van der Waals surface area (Å²) in [6.07, 6.45) is 4.88. The molecule has 0 aliphatic carbocycles. The van der Waals surface area contributed by atoms with Crippen LogP contribution in [-0.4, -0.2) is 35.0 Å². The number of allylic oxidation sites excluding steroid dienone is 3. The van der Waals surface area contributed by atoms with Gasteiger partial charge >= 0.3 is 5.97 Å². The summed E-state index contributed by atoms with van der Waals surface area (Å²) in [4.78, 5) is 15.3. The minimum atomic E-state index is -0.899. The Kier molecular flexibility index (Phi) is 9.96. The van der Waals surface area contributed by atoms with Gasteiger partial charge in [0.15, 0.2) is 0 Å². The summed E-state index contributed by atoms with van der Waals surface area (Å²) in [5.74, 6) is 9.73. The molecule has 152 valence electrons. The maximum atomic E-state index is 12.8. The van der Waals surface area contributed by atoms with Crippen LogP contribution in [0.15, 0.2) is 48.6 Å². The van der Waals surface area contributed by atoms with E-state index in [1.807, 2.05) is 13.8 Å². The standard InChI is InChI=1S/C21H26FNO5/c1-21(2,14-20(26)28-23)13-17(24)7-5-3-4-6-8-18(25)15-27-19-11-9-16(22)10-12-19/h3-4,6,8-12,17-18,24-25H,13-15,23H2,1-2H3/b4-3+,8-6+/t17-,18+/m1/s1. The van der Waals surface area contributed by atoms with E-state index in [2.05, 4.69) is 16.7 Å². The van der Waals surface area contributed by atoms with E-state index in [1.54, 1.807) is 12.2 Å². The average Bonchev–Trinajstić information content (AvgIpc) is 2.63. The number of nitrogens with two attached hydrogens (primary N) is 1. The van der Waals surface area contributed by atoms with Gasteiger partial charge in [0.25, 0.3) is 0 Å². The van der Waals surface area contributed by atoms with Gasteiger partial charge in [-0.1, -0.05) is 43.9 Å². The fraction of sp³-hybridized carbons (Fsp3) is 0.381. The molecule has 7 heteroatoms. The number of carbonyl (C=O) groups excluding carboxylic acids is 1. The molecule has 0 spiro atoms. The molecule has 0 fully saturated rings. The smallest absolute Gasteiger partial charge is 0.324 e. The molecule has 0 heterocycles. The van der Waals surface area contributed by atoms with Crippen molar-refractivity contribution in [2.45, 2.75) is 38.9 Å². The van der Waals surface area contributed by atoms with Crippen molar-refractivity contribution in [2.24, 2.45) is 11.3 Å². The van der Waals surface area contributed by atoms with Gasteiger partial charge < -0.3 is 19.8 Å². The zero-order valence-electron chi connectivity index (χ0n) is 16.0. The quantitative estimate of drug-likeness (QED) is 0.339. The second kappa shape index (κ2) is 11.9. The Balaban J connectivity index is 2.36. The number of hydrogen-bond acceptors (Lipinski definition) is 6. The fourth-order valence-electron chi connectivity index (χ4n) is 2.29. The van der Waals surface area contributed by atoms with Gasteiger partial charge in [0, 0.05) is 0 Å². The maximum absolute atomic E-state index is 12.8. The zero-order valence-corrected chi connectivity index (χ0v) is 16.0. The van der Waals surface area contributed by atoms with Crippen LogP contribution < -0.4 is 10.6 Å². The van der Waals surface area contributed by atoms with Gasteiger partial charge in [-0.3, -0.25) is 4.79 Å². The molecular formula is C21H26FNO5. The Labute approximate surface area is 164 Å². The molecule has 0 saturated carbocycles. The number of aliphatic hydroxyl groups excluding tert-OH is 2. The average molecular weight is 391 g/mol. The van der Waals surface area contributed by atoms with Gasteiger partial charge in [0.05, 0.1) is 6.42 Å². The summed E-state index contributed by atoms with van der Waals surface area (Å²) >= 11 is 0. The summed E-state index contributed by atoms with van der Waals surface area (Å²) in [7, 11) is 0. The first-order chi connectivity index (χ1) is 13.2. The van der Waals surface area contributed by atoms with Crippen LogP contribution >= 0.6 is 0 Å². The highest BCUT2D eigenvalue weighted by atomic mass is 19.1. The molecule has 28 heavy (non-hydrogen) atoms. The van der Waals surface area contributed by atoms with Gasteiger partial charge in [-0.15, -0.1) is 0 Å². The van der Waals surface area contributed by atoms with Gasteiger partial charge in [-0.2, -0.15) is 5.90 Å². The molecule has 4 N–H and O–H groups in total. The van der Waals surface area contributed by atoms with Crippen LogP contribution in [0.4, 0.5) is 4.39 Å². The molecule has 1 rings (SSSR count). The second-order valence-corrected chi connectivity index (χ2v) is 6.92. The highest BCUT2D eigenvalue weighted by Crippen LogP contribution is 2.26.